The number of carbonyl (C=O) groups excluding carboxylic acids is 2. The van der Waals surface area contributed by atoms with E-state index in [1.165, 1.54) is 4.90 Å². The number of fused-ring (bicyclic) bond motifs is 1. The Morgan fingerprint density at radius 2 is 1.95 bits per heavy atom. The van der Waals surface area contributed by atoms with E-state index in [4.69, 9.17) is 11.6 Å². The molecule has 1 saturated heterocycles. The highest BCUT2D eigenvalue weighted by Crippen LogP contribution is 2.43. The van der Waals surface area contributed by atoms with Gasteiger partial charge >= 0.3 is 0 Å². The molecule has 0 N–H and O–H groups in total. The fraction of sp³-hybridized carbons (Fsp3) is 0.500. The largest absolute Gasteiger partial charge is 0.276 e. The third kappa shape index (κ3) is 2.14. The molecule has 2 fully saturated rings. The van der Waals surface area contributed by atoms with E-state index in [0.717, 1.165) is 12.8 Å². The number of halogens is 1. The second kappa shape index (κ2) is 4.60. The smallest absolute Gasteiger partial charge is 0.233 e. The van der Waals surface area contributed by atoms with Crippen molar-refractivity contribution >= 4 is 23.4 Å². The molecule has 1 aliphatic carbocycles. The first-order chi connectivity index (χ1) is 9.06. The molecule has 2 atom stereocenters. The minimum Gasteiger partial charge on any atom is -0.276 e. The van der Waals surface area contributed by atoms with Gasteiger partial charge in [0.25, 0.3) is 0 Å². The summed E-state index contributed by atoms with van der Waals surface area (Å²) in [5, 5.41) is 0.568. The fourth-order valence-corrected chi connectivity index (χ4v) is 3.38. The van der Waals surface area contributed by atoms with Crippen LogP contribution in [-0.2, 0) is 16.1 Å². The molecule has 19 heavy (non-hydrogen) atoms. The van der Waals surface area contributed by atoms with Crippen LogP contribution >= 0.6 is 11.6 Å². The second-order valence-electron chi connectivity index (χ2n) is 5.52. The Hall–Kier alpha value is -1.42. The number of aromatic nitrogens is 1. The van der Waals surface area contributed by atoms with Gasteiger partial charge in [0.15, 0.2) is 0 Å². The van der Waals surface area contributed by atoms with Crippen LogP contribution < -0.4 is 0 Å². The van der Waals surface area contributed by atoms with Gasteiger partial charge in [0, 0.05) is 11.2 Å². The van der Waals surface area contributed by atoms with Crippen molar-refractivity contribution in [2.24, 2.45) is 17.8 Å². The molecule has 2 heterocycles. The third-order valence-corrected chi connectivity index (χ3v) is 4.30. The maximum absolute atomic E-state index is 12.3. The van der Waals surface area contributed by atoms with E-state index in [0.29, 0.717) is 16.6 Å². The zero-order valence-corrected chi connectivity index (χ0v) is 11.4. The maximum atomic E-state index is 12.3. The van der Waals surface area contributed by atoms with Gasteiger partial charge in [0.1, 0.15) is 0 Å². The predicted octanol–water partition coefficient (Wildman–Crippen LogP) is 2.27. The first kappa shape index (κ1) is 12.6. The average molecular weight is 279 g/mol. The van der Waals surface area contributed by atoms with Crippen molar-refractivity contribution < 1.29 is 9.59 Å². The van der Waals surface area contributed by atoms with Gasteiger partial charge in [0.05, 0.1) is 24.1 Å². The van der Waals surface area contributed by atoms with Gasteiger partial charge in [-0.05, 0) is 30.9 Å². The highest BCUT2D eigenvalue weighted by Gasteiger charge is 2.51. The lowest BCUT2D eigenvalue weighted by Gasteiger charge is -2.16. The summed E-state index contributed by atoms with van der Waals surface area (Å²) in [7, 11) is 0. The first-order valence-corrected chi connectivity index (χ1v) is 6.89. The maximum Gasteiger partial charge on any atom is 0.233 e. The van der Waals surface area contributed by atoms with Crippen molar-refractivity contribution in [3.8, 4) is 0 Å². The summed E-state index contributed by atoms with van der Waals surface area (Å²) in [6.07, 6.45) is 3.25. The Bertz CT molecular complexity index is 522. The Morgan fingerprint density at radius 3 is 2.53 bits per heavy atom. The van der Waals surface area contributed by atoms with Crippen LogP contribution in [0.1, 0.15) is 25.5 Å². The summed E-state index contributed by atoms with van der Waals surface area (Å²) in [6, 6.07) is 3.37. The van der Waals surface area contributed by atoms with E-state index in [9.17, 15) is 9.59 Å². The van der Waals surface area contributed by atoms with Gasteiger partial charge in [-0.3, -0.25) is 19.5 Å². The normalized spacial score (nSPS) is 30.0. The lowest BCUT2D eigenvalue weighted by molar-refractivity contribution is -0.141. The number of hydrogen-bond donors (Lipinski definition) is 0. The summed E-state index contributed by atoms with van der Waals surface area (Å²) in [5.41, 5.74) is 0.655. The first-order valence-electron chi connectivity index (χ1n) is 6.52. The molecule has 0 spiro atoms. The molecule has 5 heteroatoms. The fourth-order valence-electron chi connectivity index (χ4n) is 3.20. The summed E-state index contributed by atoms with van der Waals surface area (Å²) >= 11 is 5.89. The van der Waals surface area contributed by atoms with Crippen molar-refractivity contribution in [3.05, 3.63) is 29.0 Å². The number of nitrogens with zero attached hydrogens (tertiary/aromatic N) is 2. The molecule has 1 aromatic rings. The highest BCUT2D eigenvalue weighted by molar-refractivity contribution is 6.30. The Kier molecular flexibility index (Phi) is 3.05. The van der Waals surface area contributed by atoms with Crippen molar-refractivity contribution in [1.29, 1.82) is 0 Å². The van der Waals surface area contributed by atoms with Gasteiger partial charge in [-0.2, -0.15) is 0 Å². The Labute approximate surface area is 116 Å². The molecule has 100 valence electrons. The minimum absolute atomic E-state index is 0.0406. The van der Waals surface area contributed by atoms with Crippen LogP contribution in [0.15, 0.2) is 18.3 Å². The van der Waals surface area contributed by atoms with E-state index < -0.39 is 0 Å². The summed E-state index contributed by atoms with van der Waals surface area (Å²) in [5.74, 6) is 0.167. The zero-order valence-electron chi connectivity index (χ0n) is 10.7. The molecule has 0 radical (unpaired) electrons. The number of rotatable bonds is 2. The number of hydrogen-bond acceptors (Lipinski definition) is 3. The van der Waals surface area contributed by atoms with Gasteiger partial charge in [-0.15, -0.1) is 0 Å². The topological polar surface area (TPSA) is 50.3 Å². The Morgan fingerprint density at radius 1 is 1.32 bits per heavy atom. The molecule has 4 nitrogen and oxygen atoms in total. The van der Waals surface area contributed by atoms with Crippen molar-refractivity contribution in [1.82, 2.24) is 9.88 Å². The van der Waals surface area contributed by atoms with E-state index >= 15 is 0 Å². The van der Waals surface area contributed by atoms with Crippen LogP contribution in [0.5, 0.6) is 0 Å². The van der Waals surface area contributed by atoms with Crippen LogP contribution in [0.25, 0.3) is 0 Å². The van der Waals surface area contributed by atoms with E-state index in [1.54, 1.807) is 18.3 Å². The molecule has 1 saturated carbocycles. The monoisotopic (exact) mass is 278 g/mol. The molecule has 0 bridgehead atoms. The number of imide groups is 1. The quantitative estimate of drug-likeness (QED) is 0.780. The Balaban J connectivity index is 1.80. The third-order valence-electron chi connectivity index (χ3n) is 4.06. The number of pyridine rings is 1. The van der Waals surface area contributed by atoms with E-state index in [2.05, 4.69) is 11.9 Å². The highest BCUT2D eigenvalue weighted by atomic mass is 35.5. The van der Waals surface area contributed by atoms with Crippen LogP contribution in [0.2, 0.25) is 5.02 Å². The van der Waals surface area contributed by atoms with Gasteiger partial charge in [-0.1, -0.05) is 18.5 Å². The van der Waals surface area contributed by atoms with Crippen LogP contribution in [0.3, 0.4) is 0 Å². The molecule has 0 aromatic carbocycles. The second-order valence-corrected chi connectivity index (χ2v) is 5.95. The number of likely N-dealkylation sites (tertiary alicyclic amines) is 1. The van der Waals surface area contributed by atoms with Crippen LogP contribution in [0, 0.1) is 17.8 Å². The number of carbonyl (C=O) groups is 2. The molecule has 3 rings (SSSR count). The SMILES string of the molecule is CC1CC2C(=O)N(Cc3cc(Cl)ccn3)C(=O)C2C1. The summed E-state index contributed by atoms with van der Waals surface area (Å²) in [4.78, 5) is 30.1. The molecule has 2 amide bonds. The predicted molar refractivity (Wildman–Crippen MR) is 70.2 cm³/mol. The molecular weight excluding hydrogens is 264 g/mol. The lowest BCUT2D eigenvalue weighted by atomic mass is 10.00. The summed E-state index contributed by atoms with van der Waals surface area (Å²) < 4.78 is 0. The minimum atomic E-state index is -0.110. The molecular formula is C14H15ClN2O2. The van der Waals surface area contributed by atoms with Crippen molar-refractivity contribution in [2.45, 2.75) is 26.3 Å². The van der Waals surface area contributed by atoms with Crippen LogP contribution in [-0.4, -0.2) is 21.7 Å². The molecule has 1 aliphatic heterocycles. The molecule has 2 unspecified atom stereocenters. The lowest BCUT2D eigenvalue weighted by Crippen LogP contribution is -2.32. The summed E-state index contributed by atoms with van der Waals surface area (Å²) in [6.45, 7) is 2.33. The standard InChI is InChI=1S/C14H15ClN2O2/c1-8-4-11-12(5-8)14(19)17(13(11)18)7-10-6-9(15)2-3-16-10/h2-3,6,8,11-12H,4-5,7H2,1H3. The average Bonchev–Trinajstić information content (AvgIpc) is 2.84. The van der Waals surface area contributed by atoms with Gasteiger partial charge < -0.3 is 0 Å². The van der Waals surface area contributed by atoms with Crippen LogP contribution in [0.4, 0.5) is 0 Å². The van der Waals surface area contributed by atoms with Gasteiger partial charge in [-0.25, -0.2) is 0 Å². The van der Waals surface area contributed by atoms with E-state index in [-0.39, 0.29) is 30.2 Å². The molecule has 1 aromatic heterocycles. The van der Waals surface area contributed by atoms with Gasteiger partial charge in [0.2, 0.25) is 11.8 Å². The van der Waals surface area contributed by atoms with Crippen molar-refractivity contribution in [3.63, 3.8) is 0 Å². The zero-order chi connectivity index (χ0) is 13.6. The molecule has 2 aliphatic rings. The van der Waals surface area contributed by atoms with Crippen molar-refractivity contribution in [2.75, 3.05) is 0 Å². The van der Waals surface area contributed by atoms with E-state index in [1.807, 2.05) is 0 Å². The number of amides is 2.